The molecule has 9 heteroatoms. The molecule has 0 aliphatic carbocycles. The van der Waals surface area contributed by atoms with Crippen molar-refractivity contribution in [3.05, 3.63) is 0 Å². The molecule has 0 aromatic rings. The van der Waals surface area contributed by atoms with E-state index in [2.05, 4.69) is 18.5 Å². The molecule has 0 saturated heterocycles. The van der Waals surface area contributed by atoms with E-state index < -0.39 is 15.7 Å². The Morgan fingerprint density at radius 2 is 1.38 bits per heavy atom. The Hall–Kier alpha value is 1.47. The lowest BCUT2D eigenvalue weighted by Gasteiger charge is -1.99. The Labute approximate surface area is 105 Å². The van der Waals surface area contributed by atoms with Crippen LogP contribution in [0.4, 0.5) is 0 Å². The second-order valence-corrected chi connectivity index (χ2v) is 11.5. The molecule has 0 bridgehead atoms. The van der Waals surface area contributed by atoms with Crippen molar-refractivity contribution in [1.82, 2.24) is 17.3 Å². The minimum atomic E-state index is -1.72. The Bertz CT molecular complexity index is 64.6. The lowest BCUT2D eigenvalue weighted by atomic mass is 11.0. The van der Waals surface area contributed by atoms with Gasteiger partial charge in [-0.15, -0.1) is 45.6 Å². The summed E-state index contributed by atoms with van der Waals surface area (Å²) in [6.45, 7) is 2.81. The molecule has 0 aromatic carbocycles. The van der Waals surface area contributed by atoms with Crippen LogP contribution in [-0.2, 0) is 0 Å². The van der Waals surface area contributed by atoms with E-state index in [1.165, 1.54) is 6.04 Å². The molecule has 0 aliphatic heterocycles. The molecule has 0 heterocycles. The molecule has 0 amide bonds. The molecule has 7 N–H and O–H groups in total. The van der Waals surface area contributed by atoms with Gasteiger partial charge in [-0.2, -0.15) is 0 Å². The highest BCUT2D eigenvalue weighted by Crippen LogP contribution is 1.97. The van der Waals surface area contributed by atoms with Crippen molar-refractivity contribution in [3.8, 4) is 0 Å². The first-order chi connectivity index (χ1) is 4.54. The molecule has 0 spiro atoms. The average Bonchev–Trinajstić information content (AvgIpc) is 1.85. The third-order valence-electron chi connectivity index (χ3n) is 1.11. The van der Waals surface area contributed by atoms with E-state index in [0.717, 1.165) is 0 Å². The van der Waals surface area contributed by atoms with Gasteiger partial charge in [0, 0.05) is 0 Å². The molecule has 0 radical (unpaired) electrons. The van der Waals surface area contributed by atoms with Crippen LogP contribution in [-0.4, -0.2) is 22.7 Å². The molecule has 0 saturated carbocycles. The summed E-state index contributed by atoms with van der Waals surface area (Å²) in [6, 6.07) is 1.36. The van der Waals surface area contributed by atoms with E-state index in [4.69, 9.17) is 33.2 Å². The summed E-state index contributed by atoms with van der Waals surface area (Å²) in [4.78, 5) is 3.25. The Morgan fingerprint density at radius 1 is 1.15 bits per heavy atom. The molecule has 13 heavy (non-hydrogen) atoms. The van der Waals surface area contributed by atoms with E-state index in [9.17, 15) is 0 Å². The lowest BCUT2D eigenvalue weighted by molar-refractivity contribution is 1.17. The standard InChI is InChI=1S/C4H13NSi.Cl3HSi.ClH.2H3N/c1-4-6(3)5-2;1-4(2)3;;;/h5-6H,4H2,1-3H3;4H;1H;2*1H3. The zero-order chi connectivity index (χ0) is 8.57. The SMILES string of the molecule is CC[SiH](C)NC.Cl.Cl[SiH](Cl)Cl.N.N. The highest BCUT2D eigenvalue weighted by atomic mass is 35.8. The molecular formula is C4H21Cl4N3Si2. The van der Waals surface area contributed by atoms with Gasteiger partial charge < -0.3 is 17.3 Å². The summed E-state index contributed by atoms with van der Waals surface area (Å²) in [5, 5.41) is 0. The normalized spacial score (nSPS) is 9.46. The van der Waals surface area contributed by atoms with E-state index in [0.29, 0.717) is 0 Å². The first-order valence-electron chi connectivity index (χ1n) is 3.14. The van der Waals surface area contributed by atoms with E-state index in [-0.39, 0.29) is 24.7 Å². The predicted octanol–water partition coefficient (Wildman–Crippen LogP) is 2.75. The second-order valence-electron chi connectivity index (χ2n) is 1.85. The van der Waals surface area contributed by atoms with Crippen LogP contribution in [0.2, 0.25) is 12.6 Å². The van der Waals surface area contributed by atoms with Crippen LogP contribution in [0.3, 0.4) is 0 Å². The maximum atomic E-state index is 4.94. The summed E-state index contributed by atoms with van der Waals surface area (Å²) in [7, 11) is 1.63. The molecular weight excluding hydrogens is 288 g/mol. The fraction of sp³-hybridized carbons (Fsp3) is 1.00. The fourth-order valence-electron chi connectivity index (χ4n) is 0.204. The Balaban J connectivity index is -0.0000000279. The smallest absolute Gasteiger partial charge is 0.326 e. The molecule has 0 fully saturated rings. The summed E-state index contributed by atoms with van der Waals surface area (Å²) in [6.07, 6.45) is 0. The van der Waals surface area contributed by atoms with Crippen LogP contribution in [0.15, 0.2) is 0 Å². The van der Waals surface area contributed by atoms with Crippen LogP contribution in [0.25, 0.3) is 0 Å². The molecule has 88 valence electrons. The highest BCUT2D eigenvalue weighted by Gasteiger charge is 1.90. The maximum Gasteiger partial charge on any atom is 0.326 e. The topological polar surface area (TPSA) is 82.0 Å². The van der Waals surface area contributed by atoms with Crippen molar-refractivity contribution in [1.29, 1.82) is 0 Å². The first kappa shape index (κ1) is 29.3. The summed E-state index contributed by atoms with van der Waals surface area (Å²) in [5.41, 5.74) is 0. The van der Waals surface area contributed by atoms with E-state index in [1.807, 2.05) is 7.05 Å². The van der Waals surface area contributed by atoms with Crippen molar-refractivity contribution < 1.29 is 0 Å². The minimum absolute atomic E-state index is 0. The monoisotopic (exact) mass is 307 g/mol. The Kier molecular flexibility index (Phi) is 52.6. The van der Waals surface area contributed by atoms with Gasteiger partial charge in [0.15, 0.2) is 0 Å². The molecule has 0 aromatic heterocycles. The van der Waals surface area contributed by atoms with E-state index in [1.54, 1.807) is 0 Å². The predicted molar refractivity (Wildman–Crippen MR) is 74.6 cm³/mol. The van der Waals surface area contributed by atoms with Gasteiger partial charge in [0.05, 0.1) is 0 Å². The van der Waals surface area contributed by atoms with Crippen molar-refractivity contribution in [3.63, 3.8) is 0 Å². The van der Waals surface area contributed by atoms with Gasteiger partial charge in [0.25, 0.3) is 0 Å². The lowest BCUT2D eigenvalue weighted by Crippen LogP contribution is -2.24. The van der Waals surface area contributed by atoms with Gasteiger partial charge in [0.2, 0.25) is 0 Å². The van der Waals surface area contributed by atoms with Crippen LogP contribution in [0.1, 0.15) is 6.92 Å². The minimum Gasteiger partial charge on any atom is -0.344 e. The van der Waals surface area contributed by atoms with Crippen molar-refractivity contribution in [2.45, 2.75) is 19.5 Å². The second kappa shape index (κ2) is 23.4. The zero-order valence-corrected chi connectivity index (χ0v) is 13.7. The summed E-state index contributed by atoms with van der Waals surface area (Å²) < 4.78 is 0. The Morgan fingerprint density at radius 3 is 1.38 bits per heavy atom. The average molecular weight is 309 g/mol. The van der Waals surface area contributed by atoms with Crippen molar-refractivity contribution in [2.75, 3.05) is 7.05 Å². The zero-order valence-electron chi connectivity index (χ0n) is 8.32. The number of hydrogen-bond donors (Lipinski definition) is 3. The number of rotatable bonds is 2. The van der Waals surface area contributed by atoms with Gasteiger partial charge >= 0.3 is 6.73 Å². The molecule has 0 rings (SSSR count). The van der Waals surface area contributed by atoms with Crippen LogP contribution in [0, 0.1) is 0 Å². The molecule has 1 unspecified atom stereocenters. The van der Waals surface area contributed by atoms with E-state index >= 15 is 0 Å². The van der Waals surface area contributed by atoms with Gasteiger partial charge in [0.1, 0.15) is 8.96 Å². The third kappa shape index (κ3) is 59.2. The number of nitrogens with one attached hydrogen (secondary N) is 1. The van der Waals surface area contributed by atoms with Gasteiger partial charge in [-0.25, -0.2) is 0 Å². The van der Waals surface area contributed by atoms with Crippen molar-refractivity contribution >= 4 is 61.3 Å². The summed E-state index contributed by atoms with van der Waals surface area (Å²) >= 11 is 14.8. The quantitative estimate of drug-likeness (QED) is 0.542. The first-order valence-corrected chi connectivity index (χ1v) is 10.9. The largest absolute Gasteiger partial charge is 0.344 e. The molecule has 0 aliphatic rings. The van der Waals surface area contributed by atoms with Crippen molar-refractivity contribution in [2.24, 2.45) is 0 Å². The van der Waals surface area contributed by atoms with Crippen LogP contribution >= 0.6 is 45.6 Å². The third-order valence-corrected chi connectivity index (χ3v) is 3.32. The van der Waals surface area contributed by atoms with Crippen LogP contribution in [0.5, 0.6) is 0 Å². The fourth-order valence-corrected chi connectivity index (χ4v) is 0.612. The van der Waals surface area contributed by atoms with Crippen LogP contribution < -0.4 is 17.3 Å². The summed E-state index contributed by atoms with van der Waals surface area (Å²) in [5.74, 6) is 0. The van der Waals surface area contributed by atoms with Gasteiger partial charge in [-0.05, 0) is 7.05 Å². The van der Waals surface area contributed by atoms with Gasteiger partial charge in [-0.3, -0.25) is 0 Å². The molecule has 3 nitrogen and oxygen atoms in total. The van der Waals surface area contributed by atoms with Gasteiger partial charge in [-0.1, -0.05) is 19.5 Å². The number of hydrogen-bond acceptors (Lipinski definition) is 3. The molecule has 1 atom stereocenters. The number of halogens is 4. The maximum absolute atomic E-state index is 4.94. The highest BCUT2D eigenvalue weighted by molar-refractivity contribution is 7.54.